The fourth-order valence-corrected chi connectivity index (χ4v) is 4.53. The molecule has 148 valence electrons. The molecule has 11 heteroatoms. The molecule has 2 aromatic heterocycles. The number of rotatable bonds is 4. The number of nitro groups is 1. The van der Waals surface area contributed by atoms with Gasteiger partial charge in [0.2, 0.25) is 0 Å². The van der Waals surface area contributed by atoms with Gasteiger partial charge in [-0.3, -0.25) is 20.2 Å². The molecule has 0 bridgehead atoms. The van der Waals surface area contributed by atoms with Crippen molar-refractivity contribution in [3.63, 3.8) is 0 Å². The number of anilines is 1. The number of hydrogen-bond donors (Lipinski definition) is 2. The van der Waals surface area contributed by atoms with E-state index in [-0.39, 0.29) is 17.8 Å². The van der Waals surface area contributed by atoms with E-state index in [1.54, 1.807) is 4.90 Å². The molecule has 1 saturated carbocycles. The molecule has 1 aliphatic heterocycles. The second kappa shape index (κ2) is 7.58. The highest BCUT2D eigenvalue weighted by Gasteiger charge is 2.28. The molecule has 0 saturated heterocycles. The Morgan fingerprint density at radius 1 is 1.32 bits per heavy atom. The molecule has 10 nitrogen and oxygen atoms in total. The first-order valence-corrected chi connectivity index (χ1v) is 9.91. The average molecular weight is 405 g/mol. The Morgan fingerprint density at radius 2 is 2.11 bits per heavy atom. The van der Waals surface area contributed by atoms with Gasteiger partial charge in [-0.1, -0.05) is 24.2 Å². The van der Waals surface area contributed by atoms with Crippen molar-refractivity contribution in [3.05, 3.63) is 38.6 Å². The highest BCUT2D eigenvalue weighted by Crippen LogP contribution is 2.29. The van der Waals surface area contributed by atoms with Crippen molar-refractivity contribution in [3.8, 4) is 0 Å². The van der Waals surface area contributed by atoms with E-state index in [0.29, 0.717) is 24.6 Å². The lowest BCUT2D eigenvalue weighted by Gasteiger charge is -2.24. The number of urea groups is 1. The van der Waals surface area contributed by atoms with Gasteiger partial charge in [0.05, 0.1) is 18.3 Å². The molecule has 2 aromatic rings. The zero-order chi connectivity index (χ0) is 19.7. The quantitative estimate of drug-likeness (QED) is 0.594. The number of nitrogens with one attached hydrogen (secondary N) is 2. The maximum Gasteiger partial charge on any atom is 0.433 e. The first-order chi connectivity index (χ1) is 13.5. The van der Waals surface area contributed by atoms with Crippen LogP contribution in [0.1, 0.15) is 46.8 Å². The van der Waals surface area contributed by atoms with Crippen molar-refractivity contribution in [2.24, 2.45) is 0 Å². The molecule has 0 aromatic carbocycles. The number of thiazole rings is 1. The molecule has 2 N–H and O–H groups in total. The van der Waals surface area contributed by atoms with Gasteiger partial charge in [-0.15, -0.1) is 0 Å². The second-order valence-corrected chi connectivity index (χ2v) is 7.92. The Labute approximate surface area is 164 Å². The number of furan rings is 1. The van der Waals surface area contributed by atoms with Gasteiger partial charge < -0.3 is 14.6 Å². The summed E-state index contributed by atoms with van der Waals surface area (Å²) in [5, 5.41) is 17.0. The molecule has 0 radical (unpaired) electrons. The molecule has 4 rings (SSSR count). The van der Waals surface area contributed by atoms with Gasteiger partial charge in [0, 0.05) is 23.9 Å². The third kappa shape index (κ3) is 3.84. The third-order valence-corrected chi connectivity index (χ3v) is 5.91. The maximum absolute atomic E-state index is 12.5. The Bertz CT molecular complexity index is 917. The fourth-order valence-electron chi connectivity index (χ4n) is 3.51. The number of carbonyl (C=O) groups is 2. The number of amides is 3. The maximum atomic E-state index is 12.5. The van der Waals surface area contributed by atoms with Crippen LogP contribution in [0.2, 0.25) is 0 Å². The Balaban J connectivity index is 1.39. The molecule has 0 spiro atoms. The van der Waals surface area contributed by atoms with Crippen molar-refractivity contribution >= 4 is 34.3 Å². The molecular formula is C17H19N5O5S. The molecule has 3 heterocycles. The molecule has 0 atom stereocenters. The van der Waals surface area contributed by atoms with Crippen molar-refractivity contribution in [1.82, 2.24) is 15.2 Å². The summed E-state index contributed by atoms with van der Waals surface area (Å²) in [7, 11) is 0. The van der Waals surface area contributed by atoms with E-state index >= 15 is 0 Å². The van der Waals surface area contributed by atoms with Crippen LogP contribution in [0.15, 0.2) is 16.5 Å². The molecule has 1 aliphatic carbocycles. The summed E-state index contributed by atoms with van der Waals surface area (Å²) in [5.74, 6) is -0.923. The van der Waals surface area contributed by atoms with E-state index in [1.165, 1.54) is 23.5 Å². The SMILES string of the molecule is O=C(Nc1nc2c(s1)CN(C(=O)c1ccc([N+](=O)[O-])o1)CC2)NC1CCCC1. The zero-order valence-corrected chi connectivity index (χ0v) is 15.8. The molecular weight excluding hydrogens is 386 g/mol. The van der Waals surface area contributed by atoms with Gasteiger partial charge in [0.1, 0.15) is 4.92 Å². The van der Waals surface area contributed by atoms with Crippen molar-refractivity contribution in [2.75, 3.05) is 11.9 Å². The van der Waals surface area contributed by atoms with Gasteiger partial charge >= 0.3 is 11.9 Å². The van der Waals surface area contributed by atoms with Crippen LogP contribution in [0, 0.1) is 10.1 Å². The van der Waals surface area contributed by atoms with Gasteiger partial charge in [-0.2, -0.15) is 0 Å². The predicted molar refractivity (Wildman–Crippen MR) is 100 cm³/mol. The van der Waals surface area contributed by atoms with E-state index in [4.69, 9.17) is 4.42 Å². The van der Waals surface area contributed by atoms with Crippen molar-refractivity contribution in [1.29, 1.82) is 0 Å². The van der Waals surface area contributed by atoms with E-state index in [0.717, 1.165) is 36.3 Å². The van der Waals surface area contributed by atoms with Crippen LogP contribution in [0.5, 0.6) is 0 Å². The number of carbonyl (C=O) groups excluding carboxylic acids is 2. The summed E-state index contributed by atoms with van der Waals surface area (Å²) >= 11 is 1.33. The Hall–Kier alpha value is -2.95. The van der Waals surface area contributed by atoms with E-state index in [9.17, 15) is 19.7 Å². The smallest absolute Gasteiger partial charge is 0.395 e. The average Bonchev–Trinajstić information content (AvgIpc) is 3.40. The number of nitrogens with zero attached hydrogens (tertiary/aromatic N) is 3. The highest BCUT2D eigenvalue weighted by atomic mass is 32.1. The summed E-state index contributed by atoms with van der Waals surface area (Å²) < 4.78 is 5.00. The van der Waals surface area contributed by atoms with Crippen LogP contribution >= 0.6 is 11.3 Å². The van der Waals surface area contributed by atoms with Gasteiger partial charge in [-0.05, 0) is 18.9 Å². The number of aromatic nitrogens is 1. The minimum absolute atomic E-state index is 0.0612. The van der Waals surface area contributed by atoms with E-state index in [1.807, 2.05) is 0 Å². The molecule has 1 fully saturated rings. The minimum atomic E-state index is -0.678. The first-order valence-electron chi connectivity index (χ1n) is 9.09. The van der Waals surface area contributed by atoms with Crippen LogP contribution in [0.25, 0.3) is 0 Å². The van der Waals surface area contributed by atoms with Gasteiger partial charge in [0.15, 0.2) is 10.9 Å². The summed E-state index contributed by atoms with van der Waals surface area (Å²) in [6, 6.07) is 2.44. The lowest BCUT2D eigenvalue weighted by Crippen LogP contribution is -2.36. The van der Waals surface area contributed by atoms with Crippen LogP contribution < -0.4 is 10.6 Å². The highest BCUT2D eigenvalue weighted by molar-refractivity contribution is 7.15. The van der Waals surface area contributed by atoms with Gasteiger partial charge in [0.25, 0.3) is 5.91 Å². The van der Waals surface area contributed by atoms with E-state index < -0.39 is 16.7 Å². The fraction of sp³-hybridized carbons (Fsp3) is 0.471. The van der Waals surface area contributed by atoms with Crippen LogP contribution in [-0.2, 0) is 13.0 Å². The van der Waals surface area contributed by atoms with Crippen molar-refractivity contribution < 1.29 is 18.9 Å². The molecule has 2 aliphatic rings. The standard InChI is InChI=1S/C17H19N5O5S/c23-15(12-5-6-14(27-12)22(25)26)21-8-7-11-13(9-21)28-17(19-11)20-16(24)18-10-3-1-2-4-10/h5-6,10H,1-4,7-9H2,(H2,18,19,20,24). The topological polar surface area (TPSA) is 131 Å². The van der Waals surface area contributed by atoms with E-state index in [2.05, 4.69) is 15.6 Å². The minimum Gasteiger partial charge on any atom is -0.395 e. The molecule has 3 amide bonds. The summed E-state index contributed by atoms with van der Waals surface area (Å²) in [6.45, 7) is 0.754. The molecule has 28 heavy (non-hydrogen) atoms. The third-order valence-electron chi connectivity index (χ3n) is 4.91. The summed E-state index contributed by atoms with van der Waals surface area (Å²) in [5.41, 5.74) is 0.857. The van der Waals surface area contributed by atoms with Crippen LogP contribution in [0.4, 0.5) is 15.8 Å². The van der Waals surface area contributed by atoms with Crippen LogP contribution in [-0.4, -0.2) is 39.3 Å². The Morgan fingerprint density at radius 3 is 2.82 bits per heavy atom. The lowest BCUT2D eigenvalue weighted by atomic mass is 10.1. The first kappa shape index (κ1) is 18.4. The molecule has 0 unspecified atom stereocenters. The van der Waals surface area contributed by atoms with Crippen LogP contribution in [0.3, 0.4) is 0 Å². The normalized spacial score (nSPS) is 16.6. The zero-order valence-electron chi connectivity index (χ0n) is 15.0. The number of fused-ring (bicyclic) bond motifs is 1. The largest absolute Gasteiger partial charge is 0.433 e. The Kier molecular flexibility index (Phi) is 4.99. The number of hydrogen-bond acceptors (Lipinski definition) is 7. The van der Waals surface area contributed by atoms with Crippen molar-refractivity contribution in [2.45, 2.75) is 44.7 Å². The predicted octanol–water partition coefficient (Wildman–Crippen LogP) is 2.91. The second-order valence-electron chi connectivity index (χ2n) is 6.84. The monoisotopic (exact) mass is 405 g/mol. The lowest BCUT2D eigenvalue weighted by molar-refractivity contribution is -0.402. The van der Waals surface area contributed by atoms with Gasteiger partial charge in [-0.25, -0.2) is 9.78 Å². The summed E-state index contributed by atoms with van der Waals surface area (Å²) in [6.07, 6.45) is 4.83. The summed E-state index contributed by atoms with van der Waals surface area (Å²) in [4.78, 5) is 41.6.